The van der Waals surface area contributed by atoms with Crippen LogP contribution in [0.5, 0.6) is 0 Å². The average molecular weight is 468 g/mol. The van der Waals surface area contributed by atoms with E-state index in [0.717, 1.165) is 24.4 Å². The van der Waals surface area contributed by atoms with Crippen LogP contribution in [-0.2, 0) is 6.42 Å². The Morgan fingerprint density at radius 2 is 2.09 bits per heavy atom. The number of pyridine rings is 1. The van der Waals surface area contributed by atoms with Gasteiger partial charge in [0.25, 0.3) is 5.91 Å². The predicted molar refractivity (Wildman–Crippen MR) is 124 cm³/mol. The van der Waals surface area contributed by atoms with E-state index in [0.29, 0.717) is 41.5 Å². The Kier molecular flexibility index (Phi) is 4.91. The van der Waals surface area contributed by atoms with Crippen LogP contribution in [0, 0.1) is 24.1 Å². The highest BCUT2D eigenvalue weighted by Gasteiger charge is 2.28. The third-order valence-corrected chi connectivity index (χ3v) is 6.49. The van der Waals surface area contributed by atoms with E-state index in [1.807, 2.05) is 10.8 Å². The van der Waals surface area contributed by atoms with E-state index in [1.165, 1.54) is 12.1 Å². The van der Waals surface area contributed by atoms with E-state index >= 15 is 0 Å². The van der Waals surface area contributed by atoms with Crippen molar-refractivity contribution in [2.45, 2.75) is 44.6 Å². The molecule has 9 nitrogen and oxygen atoms in total. The zero-order chi connectivity index (χ0) is 24.1. The maximum Gasteiger partial charge on any atom is 0.259 e. The number of imidazole rings is 1. The number of aryl methyl sites for hydroxylation is 2. The average Bonchev–Trinajstić information content (AvgIpc) is 3.25. The monoisotopic (exact) mass is 468 g/mol. The molecule has 3 aromatic heterocycles. The molecule has 35 heavy (non-hydrogen) atoms. The third-order valence-electron chi connectivity index (χ3n) is 6.49. The summed E-state index contributed by atoms with van der Waals surface area (Å²) in [6, 6.07) is 9.88. The van der Waals surface area contributed by atoms with Gasteiger partial charge in [-0.3, -0.25) is 9.36 Å². The number of aromatic nitrogens is 6. The van der Waals surface area contributed by atoms with E-state index in [1.54, 1.807) is 36.0 Å². The first-order valence-electron chi connectivity index (χ1n) is 11.5. The Balaban J connectivity index is 1.28. The molecule has 6 rings (SSSR count). The zero-order valence-electron chi connectivity index (χ0n) is 18.9. The quantitative estimate of drug-likeness (QED) is 0.471. The Labute approximate surface area is 200 Å². The van der Waals surface area contributed by atoms with Gasteiger partial charge in [0.2, 0.25) is 0 Å². The van der Waals surface area contributed by atoms with Crippen LogP contribution in [0.25, 0.3) is 17.2 Å². The van der Waals surface area contributed by atoms with Crippen molar-refractivity contribution in [3.63, 3.8) is 0 Å². The van der Waals surface area contributed by atoms with Gasteiger partial charge in [0.1, 0.15) is 29.2 Å². The molecule has 1 aromatic carbocycles. The summed E-state index contributed by atoms with van der Waals surface area (Å²) in [5.41, 5.74) is 2.79. The second-order valence-electron chi connectivity index (χ2n) is 8.95. The van der Waals surface area contributed by atoms with Gasteiger partial charge in [0.05, 0.1) is 29.3 Å². The van der Waals surface area contributed by atoms with Gasteiger partial charge in [-0.2, -0.15) is 5.26 Å². The highest BCUT2D eigenvalue weighted by Crippen LogP contribution is 2.39. The van der Waals surface area contributed by atoms with Gasteiger partial charge in [0, 0.05) is 18.5 Å². The third kappa shape index (κ3) is 3.75. The summed E-state index contributed by atoms with van der Waals surface area (Å²) in [5.74, 6) is 0.716. The molecule has 0 spiro atoms. The second-order valence-corrected chi connectivity index (χ2v) is 8.95. The van der Waals surface area contributed by atoms with E-state index in [9.17, 15) is 14.4 Å². The number of nitriles is 1. The van der Waals surface area contributed by atoms with E-state index in [-0.39, 0.29) is 17.4 Å². The van der Waals surface area contributed by atoms with E-state index in [2.05, 4.69) is 31.6 Å². The Morgan fingerprint density at radius 3 is 2.89 bits per heavy atom. The summed E-state index contributed by atoms with van der Waals surface area (Å²) < 4.78 is 18.4. The lowest BCUT2D eigenvalue weighted by Crippen LogP contribution is -2.16. The summed E-state index contributed by atoms with van der Waals surface area (Å²) in [5, 5.41) is 20.5. The second kappa shape index (κ2) is 8.13. The smallest absolute Gasteiger partial charge is 0.259 e. The number of hydrogen-bond donors (Lipinski definition) is 1. The van der Waals surface area contributed by atoms with Crippen molar-refractivity contribution in [3.8, 4) is 23.3 Å². The van der Waals surface area contributed by atoms with Gasteiger partial charge in [0.15, 0.2) is 5.82 Å². The van der Waals surface area contributed by atoms with Crippen molar-refractivity contribution in [2.24, 2.45) is 0 Å². The minimum Gasteiger partial charge on any atom is -0.306 e. The molecular formula is C25H21FN8O. The summed E-state index contributed by atoms with van der Waals surface area (Å²) >= 11 is 0. The van der Waals surface area contributed by atoms with Gasteiger partial charge >= 0.3 is 0 Å². The number of hydrogen-bond acceptors (Lipinski definition) is 6. The first kappa shape index (κ1) is 21.2. The zero-order valence-corrected chi connectivity index (χ0v) is 18.9. The first-order chi connectivity index (χ1) is 17.0. The molecule has 4 heterocycles. The molecule has 0 radical (unpaired) electrons. The lowest BCUT2D eigenvalue weighted by molar-refractivity contribution is 0.102. The van der Waals surface area contributed by atoms with Gasteiger partial charge < -0.3 is 9.88 Å². The van der Waals surface area contributed by atoms with Gasteiger partial charge in [-0.25, -0.2) is 14.4 Å². The molecule has 0 saturated heterocycles. The van der Waals surface area contributed by atoms with Crippen LogP contribution >= 0.6 is 0 Å². The molecule has 1 unspecified atom stereocenters. The Bertz CT molecular complexity index is 1510. The molecule has 4 aromatic rings. The first-order valence-corrected chi connectivity index (χ1v) is 11.5. The number of halogens is 1. The highest BCUT2D eigenvalue weighted by molar-refractivity contribution is 6.04. The molecule has 1 fully saturated rings. The topological polar surface area (TPSA) is 114 Å². The summed E-state index contributed by atoms with van der Waals surface area (Å²) in [6.07, 6.45) is 7.26. The van der Waals surface area contributed by atoms with Gasteiger partial charge in [-0.1, -0.05) is 6.07 Å². The van der Waals surface area contributed by atoms with Crippen molar-refractivity contribution >= 4 is 11.7 Å². The van der Waals surface area contributed by atoms with Crippen LogP contribution in [0.15, 0.2) is 42.9 Å². The van der Waals surface area contributed by atoms with Crippen LogP contribution in [0.2, 0.25) is 0 Å². The van der Waals surface area contributed by atoms with Crippen molar-refractivity contribution in [2.75, 3.05) is 5.32 Å². The molecule has 1 aliphatic carbocycles. The molecule has 2 aliphatic rings. The van der Waals surface area contributed by atoms with Crippen LogP contribution in [0.1, 0.15) is 58.7 Å². The van der Waals surface area contributed by atoms with E-state index < -0.39 is 11.7 Å². The lowest BCUT2D eigenvalue weighted by atomic mass is 10.1. The van der Waals surface area contributed by atoms with Gasteiger partial charge in [-0.15, -0.1) is 10.2 Å². The van der Waals surface area contributed by atoms with E-state index in [4.69, 9.17) is 0 Å². The Hall–Kier alpha value is -4.39. The number of carbonyl (C=O) groups is 1. The normalized spacial score (nSPS) is 16.7. The fourth-order valence-electron chi connectivity index (χ4n) is 4.50. The standard InChI is InChI=1S/C25H21FN8O/c1-14-9-18(26)17(10-21(14)33-12-20(28-13-33)15-5-6-15)25(35)30-22-4-2-3-19(29-22)24-32-31-23-8-7-16(11-27)34(23)24/h2-4,9-10,12-13,15-16H,5-8H2,1H3,(H,29,30,35). The number of nitrogens with zero attached hydrogens (tertiary/aromatic N) is 7. The highest BCUT2D eigenvalue weighted by atomic mass is 19.1. The molecule has 1 saturated carbocycles. The Morgan fingerprint density at radius 1 is 1.23 bits per heavy atom. The SMILES string of the molecule is Cc1cc(F)c(C(=O)Nc2cccc(-c3nnc4n3C(C#N)CC4)n2)cc1-n1cnc(C2CC2)c1. The molecule has 174 valence electrons. The molecule has 1 aliphatic heterocycles. The van der Waals surface area contributed by atoms with Crippen molar-refractivity contribution in [1.29, 1.82) is 5.26 Å². The number of rotatable bonds is 5. The van der Waals surface area contributed by atoms with Crippen molar-refractivity contribution in [3.05, 3.63) is 71.3 Å². The van der Waals surface area contributed by atoms with Crippen LogP contribution < -0.4 is 5.32 Å². The van der Waals surface area contributed by atoms with Crippen LogP contribution in [0.3, 0.4) is 0 Å². The summed E-state index contributed by atoms with van der Waals surface area (Å²) in [6.45, 7) is 1.80. The fourth-order valence-corrected chi connectivity index (χ4v) is 4.50. The molecular weight excluding hydrogens is 447 g/mol. The lowest BCUT2D eigenvalue weighted by Gasteiger charge is -2.12. The number of benzene rings is 1. The molecule has 1 N–H and O–H groups in total. The molecule has 1 atom stereocenters. The minimum atomic E-state index is -0.616. The maximum absolute atomic E-state index is 14.8. The fraction of sp³-hybridized carbons (Fsp3) is 0.280. The van der Waals surface area contributed by atoms with Crippen LogP contribution in [-0.4, -0.2) is 35.2 Å². The number of carbonyl (C=O) groups excluding carboxylic acids is 1. The maximum atomic E-state index is 14.8. The minimum absolute atomic E-state index is 0.0904. The number of fused-ring (bicyclic) bond motifs is 1. The van der Waals surface area contributed by atoms with Crippen LogP contribution in [0.4, 0.5) is 10.2 Å². The molecule has 0 bridgehead atoms. The molecule has 1 amide bonds. The predicted octanol–water partition coefficient (Wildman–Crippen LogP) is 4.11. The number of nitrogens with one attached hydrogen (secondary N) is 1. The number of amides is 1. The largest absolute Gasteiger partial charge is 0.306 e. The van der Waals surface area contributed by atoms with Gasteiger partial charge in [-0.05, 0) is 56.0 Å². The molecule has 10 heteroatoms. The number of anilines is 1. The summed E-state index contributed by atoms with van der Waals surface area (Å²) in [4.78, 5) is 22.0. The summed E-state index contributed by atoms with van der Waals surface area (Å²) in [7, 11) is 0. The van der Waals surface area contributed by atoms with Crippen molar-refractivity contribution in [1.82, 2.24) is 29.3 Å². The van der Waals surface area contributed by atoms with Crippen molar-refractivity contribution < 1.29 is 9.18 Å².